The molecule has 2 heterocycles. The summed E-state index contributed by atoms with van der Waals surface area (Å²) in [6, 6.07) is 12.2. The van der Waals surface area contributed by atoms with Crippen molar-refractivity contribution < 1.29 is 13.2 Å². The van der Waals surface area contributed by atoms with Crippen molar-refractivity contribution in [2.24, 2.45) is 0 Å². The number of halogens is 1. The largest absolute Gasteiger partial charge is 0.310 e. The lowest BCUT2D eigenvalue weighted by atomic mass is 10.2. The van der Waals surface area contributed by atoms with E-state index in [1.807, 2.05) is 19.1 Å². The molecular formula is C19H17BrN2O3S. The monoisotopic (exact) mass is 432 g/mol. The highest BCUT2D eigenvalue weighted by Gasteiger charge is 2.27. The fourth-order valence-corrected chi connectivity index (χ4v) is 5.16. The van der Waals surface area contributed by atoms with Crippen LogP contribution in [0.1, 0.15) is 18.4 Å². The summed E-state index contributed by atoms with van der Waals surface area (Å²) in [7, 11) is -3.76. The highest BCUT2D eigenvalue weighted by molar-refractivity contribution is 9.10. The van der Waals surface area contributed by atoms with Crippen molar-refractivity contribution in [3.05, 3.63) is 58.7 Å². The van der Waals surface area contributed by atoms with Gasteiger partial charge in [-0.05, 0) is 43.7 Å². The standard InChI is InChI=1S/C19H17BrN2O3S/c1-13-4-6-16(7-5-13)26(24,25)22-10-8-14-11-15(20)12-17(19(14)22)21-9-2-3-18(21)23/h4-8,10-12H,2-3,9H2,1H3. The number of fused-ring (bicyclic) bond motifs is 1. The van der Waals surface area contributed by atoms with Crippen molar-refractivity contribution >= 4 is 48.5 Å². The van der Waals surface area contributed by atoms with Crippen LogP contribution in [0.4, 0.5) is 5.69 Å². The smallest absolute Gasteiger partial charge is 0.268 e. The second-order valence-corrected chi connectivity index (χ2v) is 9.17. The maximum absolute atomic E-state index is 13.2. The third-order valence-electron chi connectivity index (χ3n) is 4.64. The van der Waals surface area contributed by atoms with Gasteiger partial charge in [0.2, 0.25) is 5.91 Å². The summed E-state index contributed by atoms with van der Waals surface area (Å²) in [6.07, 6.45) is 2.81. The average molecular weight is 433 g/mol. The molecule has 0 aliphatic carbocycles. The van der Waals surface area contributed by atoms with E-state index >= 15 is 0 Å². The SMILES string of the molecule is Cc1ccc(S(=O)(=O)n2ccc3cc(Br)cc(N4CCCC4=O)c32)cc1. The molecule has 1 aliphatic heterocycles. The average Bonchev–Trinajstić information content (AvgIpc) is 3.21. The van der Waals surface area contributed by atoms with Crippen molar-refractivity contribution in [2.75, 3.05) is 11.4 Å². The highest BCUT2D eigenvalue weighted by Crippen LogP contribution is 2.35. The van der Waals surface area contributed by atoms with Crippen LogP contribution in [0, 0.1) is 6.92 Å². The van der Waals surface area contributed by atoms with E-state index in [-0.39, 0.29) is 10.8 Å². The Morgan fingerprint density at radius 2 is 1.81 bits per heavy atom. The summed E-state index contributed by atoms with van der Waals surface area (Å²) in [5, 5.41) is 0.768. The Balaban J connectivity index is 1.97. The lowest BCUT2D eigenvalue weighted by molar-refractivity contribution is -0.117. The normalized spacial score (nSPS) is 15.2. The van der Waals surface area contributed by atoms with Gasteiger partial charge in [0, 0.05) is 29.0 Å². The van der Waals surface area contributed by atoms with Crippen LogP contribution in [0.2, 0.25) is 0 Å². The van der Waals surface area contributed by atoms with Gasteiger partial charge in [0.1, 0.15) is 0 Å². The molecule has 0 radical (unpaired) electrons. The molecule has 1 aromatic heterocycles. The number of aryl methyl sites for hydroxylation is 1. The number of nitrogens with zero attached hydrogens (tertiary/aromatic N) is 2. The predicted octanol–water partition coefficient (Wildman–Crippen LogP) is 4.08. The Kier molecular flexibility index (Phi) is 4.16. The Bertz CT molecular complexity index is 1120. The maximum Gasteiger partial charge on any atom is 0.268 e. The van der Waals surface area contributed by atoms with Crippen molar-refractivity contribution in [3.8, 4) is 0 Å². The lowest BCUT2D eigenvalue weighted by Crippen LogP contribution is -2.25. The van der Waals surface area contributed by atoms with Gasteiger partial charge in [0.15, 0.2) is 0 Å². The van der Waals surface area contributed by atoms with Crippen LogP contribution >= 0.6 is 15.9 Å². The topological polar surface area (TPSA) is 59.4 Å². The summed E-state index contributed by atoms with van der Waals surface area (Å²) < 4.78 is 28.5. The molecule has 0 spiro atoms. The zero-order chi connectivity index (χ0) is 18.5. The molecule has 26 heavy (non-hydrogen) atoms. The molecule has 4 rings (SSSR count). The van der Waals surface area contributed by atoms with Crippen LogP contribution in [0.3, 0.4) is 0 Å². The summed E-state index contributed by atoms with van der Waals surface area (Å²) in [5.41, 5.74) is 2.15. The molecule has 5 nitrogen and oxygen atoms in total. The zero-order valence-corrected chi connectivity index (χ0v) is 16.5. The van der Waals surface area contributed by atoms with Gasteiger partial charge in [-0.2, -0.15) is 0 Å². The number of aromatic nitrogens is 1. The molecule has 7 heteroatoms. The summed E-state index contributed by atoms with van der Waals surface area (Å²) in [5.74, 6) is 0.0184. The molecule has 3 aromatic rings. The molecule has 0 atom stereocenters. The molecule has 1 amide bonds. The van der Waals surface area contributed by atoms with Crippen molar-refractivity contribution in [2.45, 2.75) is 24.7 Å². The fourth-order valence-electron chi connectivity index (χ4n) is 3.33. The van der Waals surface area contributed by atoms with Crippen LogP contribution in [0.25, 0.3) is 10.9 Å². The van der Waals surface area contributed by atoms with E-state index in [1.165, 1.54) is 3.97 Å². The third kappa shape index (κ3) is 2.75. The van der Waals surface area contributed by atoms with E-state index in [0.29, 0.717) is 24.2 Å². The van der Waals surface area contributed by atoms with Crippen molar-refractivity contribution in [1.82, 2.24) is 3.97 Å². The Hall–Kier alpha value is -2.12. The first kappa shape index (κ1) is 17.3. The number of carbonyl (C=O) groups is 1. The van der Waals surface area contributed by atoms with Gasteiger partial charge in [0.05, 0.1) is 16.1 Å². The van der Waals surface area contributed by atoms with E-state index in [0.717, 1.165) is 21.8 Å². The van der Waals surface area contributed by atoms with Gasteiger partial charge in [-0.1, -0.05) is 33.6 Å². The van der Waals surface area contributed by atoms with E-state index in [4.69, 9.17) is 0 Å². The number of benzene rings is 2. The number of hydrogen-bond donors (Lipinski definition) is 0. The minimum atomic E-state index is -3.76. The maximum atomic E-state index is 13.2. The number of amides is 1. The molecule has 0 unspecified atom stereocenters. The van der Waals surface area contributed by atoms with Crippen LogP contribution in [-0.2, 0) is 14.8 Å². The quantitative estimate of drug-likeness (QED) is 0.626. The Morgan fingerprint density at radius 1 is 1.08 bits per heavy atom. The first-order chi connectivity index (χ1) is 12.4. The second-order valence-electron chi connectivity index (χ2n) is 6.44. The van der Waals surface area contributed by atoms with Gasteiger partial charge < -0.3 is 4.90 Å². The van der Waals surface area contributed by atoms with Gasteiger partial charge in [0.25, 0.3) is 10.0 Å². The minimum absolute atomic E-state index is 0.0184. The number of rotatable bonds is 3. The zero-order valence-electron chi connectivity index (χ0n) is 14.1. The van der Waals surface area contributed by atoms with E-state index in [1.54, 1.807) is 41.4 Å². The summed E-state index contributed by atoms with van der Waals surface area (Å²) in [6.45, 7) is 2.51. The number of anilines is 1. The van der Waals surface area contributed by atoms with E-state index in [2.05, 4.69) is 15.9 Å². The van der Waals surface area contributed by atoms with Crippen LogP contribution in [0.5, 0.6) is 0 Å². The molecule has 0 bridgehead atoms. The Morgan fingerprint density at radius 3 is 2.46 bits per heavy atom. The fraction of sp³-hybridized carbons (Fsp3) is 0.211. The molecule has 1 fully saturated rings. The first-order valence-electron chi connectivity index (χ1n) is 8.31. The number of carbonyl (C=O) groups excluding carboxylic acids is 1. The summed E-state index contributed by atoms with van der Waals surface area (Å²) >= 11 is 3.47. The molecule has 134 valence electrons. The highest BCUT2D eigenvalue weighted by atomic mass is 79.9. The second kappa shape index (κ2) is 6.25. The van der Waals surface area contributed by atoms with Gasteiger partial charge in [-0.3, -0.25) is 4.79 Å². The van der Waals surface area contributed by atoms with Crippen molar-refractivity contribution in [1.29, 1.82) is 0 Å². The molecule has 0 saturated carbocycles. The lowest BCUT2D eigenvalue weighted by Gasteiger charge is -2.19. The number of hydrogen-bond acceptors (Lipinski definition) is 3. The summed E-state index contributed by atoms with van der Waals surface area (Å²) in [4.78, 5) is 14.2. The molecule has 1 aliphatic rings. The minimum Gasteiger partial charge on any atom is -0.310 e. The van der Waals surface area contributed by atoms with Crippen LogP contribution < -0.4 is 4.90 Å². The van der Waals surface area contributed by atoms with Gasteiger partial charge in [-0.15, -0.1) is 0 Å². The molecule has 2 aromatic carbocycles. The van der Waals surface area contributed by atoms with Crippen LogP contribution in [0.15, 0.2) is 58.0 Å². The molecule has 0 N–H and O–H groups in total. The first-order valence-corrected chi connectivity index (χ1v) is 10.5. The Labute approximate surface area is 160 Å². The predicted molar refractivity (Wildman–Crippen MR) is 105 cm³/mol. The van der Waals surface area contributed by atoms with Crippen molar-refractivity contribution in [3.63, 3.8) is 0 Å². The van der Waals surface area contributed by atoms with Gasteiger partial charge >= 0.3 is 0 Å². The van der Waals surface area contributed by atoms with E-state index < -0.39 is 10.0 Å². The van der Waals surface area contributed by atoms with E-state index in [9.17, 15) is 13.2 Å². The molecule has 1 saturated heterocycles. The van der Waals surface area contributed by atoms with Crippen LogP contribution in [-0.4, -0.2) is 24.8 Å². The molecular weight excluding hydrogens is 416 g/mol. The van der Waals surface area contributed by atoms with Gasteiger partial charge in [-0.25, -0.2) is 12.4 Å². The third-order valence-corrected chi connectivity index (χ3v) is 6.78.